The van der Waals surface area contributed by atoms with E-state index in [2.05, 4.69) is 12.2 Å². The third kappa shape index (κ3) is 6.98. The minimum absolute atomic E-state index is 0.0699. The van der Waals surface area contributed by atoms with Crippen LogP contribution in [0.2, 0.25) is 0 Å². The van der Waals surface area contributed by atoms with Crippen molar-refractivity contribution in [3.8, 4) is 0 Å². The van der Waals surface area contributed by atoms with Crippen LogP contribution in [0.1, 0.15) is 38.4 Å². The summed E-state index contributed by atoms with van der Waals surface area (Å²) in [5.41, 5.74) is 5.75. The Bertz CT molecular complexity index is 338. The van der Waals surface area contributed by atoms with Gasteiger partial charge in [0.2, 0.25) is 5.91 Å². The topological polar surface area (TPSA) is 77.5 Å². The molecule has 0 aliphatic carbocycles. The van der Waals surface area contributed by atoms with Gasteiger partial charge in [-0.1, -0.05) is 19.8 Å². The van der Waals surface area contributed by atoms with E-state index < -0.39 is 0 Å². The number of carbonyl (C=O) groups is 1. The molecule has 19 heavy (non-hydrogen) atoms. The highest BCUT2D eigenvalue weighted by atomic mass is 16.5. The zero-order valence-corrected chi connectivity index (χ0v) is 11.6. The van der Waals surface area contributed by atoms with Crippen molar-refractivity contribution in [2.24, 2.45) is 5.73 Å². The molecule has 1 rings (SSSR count). The quantitative estimate of drug-likeness (QED) is 0.634. The number of hydrogen-bond donors (Lipinski definition) is 2. The van der Waals surface area contributed by atoms with E-state index in [1.54, 1.807) is 6.26 Å². The highest BCUT2D eigenvalue weighted by Crippen LogP contribution is 2.02. The van der Waals surface area contributed by atoms with E-state index in [1.807, 2.05) is 12.1 Å². The number of nitrogens with two attached hydrogens (primary N) is 1. The first-order valence-electron chi connectivity index (χ1n) is 6.87. The summed E-state index contributed by atoms with van der Waals surface area (Å²) < 4.78 is 10.5. The molecule has 5 heteroatoms. The van der Waals surface area contributed by atoms with E-state index in [0.717, 1.165) is 31.4 Å². The Morgan fingerprint density at radius 3 is 3.05 bits per heavy atom. The zero-order chi connectivity index (χ0) is 13.9. The third-order valence-electron chi connectivity index (χ3n) is 2.79. The summed E-state index contributed by atoms with van der Waals surface area (Å²) in [4.78, 5) is 11.6. The zero-order valence-electron chi connectivity index (χ0n) is 11.6. The maximum absolute atomic E-state index is 11.6. The number of unbranched alkanes of at least 4 members (excludes halogenated alkanes) is 1. The molecule has 0 saturated heterocycles. The molecule has 1 amide bonds. The summed E-state index contributed by atoms with van der Waals surface area (Å²) in [5, 5.41) is 2.82. The van der Waals surface area contributed by atoms with E-state index >= 15 is 0 Å². The molecule has 1 atom stereocenters. The van der Waals surface area contributed by atoms with Gasteiger partial charge < -0.3 is 20.2 Å². The number of ether oxygens (including phenoxy) is 1. The second-order valence-corrected chi connectivity index (χ2v) is 4.53. The fraction of sp³-hybridized carbons (Fsp3) is 0.643. The van der Waals surface area contributed by atoms with Gasteiger partial charge in [-0.2, -0.15) is 0 Å². The van der Waals surface area contributed by atoms with E-state index in [4.69, 9.17) is 14.9 Å². The SMILES string of the molecule is CCCC[C@H](N)C(=O)NCCCOCc1ccco1. The lowest BCUT2D eigenvalue weighted by Gasteiger charge is -2.11. The summed E-state index contributed by atoms with van der Waals surface area (Å²) in [6.07, 6.45) is 5.18. The molecule has 1 aromatic heterocycles. The summed E-state index contributed by atoms with van der Waals surface area (Å²) in [6, 6.07) is 3.31. The first-order valence-corrected chi connectivity index (χ1v) is 6.87. The lowest BCUT2D eigenvalue weighted by Crippen LogP contribution is -2.41. The molecular weight excluding hydrogens is 244 g/mol. The number of carbonyl (C=O) groups excluding carboxylic acids is 1. The van der Waals surface area contributed by atoms with Gasteiger partial charge in [0, 0.05) is 13.2 Å². The molecule has 108 valence electrons. The highest BCUT2D eigenvalue weighted by Gasteiger charge is 2.11. The van der Waals surface area contributed by atoms with Gasteiger partial charge in [0.15, 0.2) is 0 Å². The fourth-order valence-electron chi connectivity index (χ4n) is 1.64. The number of rotatable bonds is 10. The fourth-order valence-corrected chi connectivity index (χ4v) is 1.64. The Kier molecular flexibility index (Phi) is 7.93. The van der Waals surface area contributed by atoms with Crippen molar-refractivity contribution in [2.75, 3.05) is 13.2 Å². The van der Waals surface area contributed by atoms with Gasteiger partial charge in [0.05, 0.1) is 12.3 Å². The van der Waals surface area contributed by atoms with Gasteiger partial charge in [0.1, 0.15) is 12.4 Å². The highest BCUT2D eigenvalue weighted by molar-refractivity contribution is 5.81. The second-order valence-electron chi connectivity index (χ2n) is 4.53. The molecule has 0 radical (unpaired) electrons. The van der Waals surface area contributed by atoms with Crippen LogP contribution >= 0.6 is 0 Å². The molecule has 1 aromatic rings. The van der Waals surface area contributed by atoms with Crippen LogP contribution in [0, 0.1) is 0 Å². The molecule has 0 spiro atoms. The van der Waals surface area contributed by atoms with Crippen LogP contribution in [-0.2, 0) is 16.1 Å². The standard InChI is InChI=1S/C14H24N2O3/c1-2-3-7-13(15)14(17)16-8-5-9-18-11-12-6-4-10-19-12/h4,6,10,13H,2-3,5,7-9,11,15H2,1H3,(H,16,17)/t13-/m0/s1. The Morgan fingerprint density at radius 1 is 1.53 bits per heavy atom. The van der Waals surface area contributed by atoms with Crippen molar-refractivity contribution in [1.29, 1.82) is 0 Å². The van der Waals surface area contributed by atoms with Crippen LogP contribution in [0.15, 0.2) is 22.8 Å². The van der Waals surface area contributed by atoms with Crippen LogP contribution in [0.3, 0.4) is 0 Å². The van der Waals surface area contributed by atoms with E-state index in [1.165, 1.54) is 0 Å². The Balaban J connectivity index is 1.96. The van der Waals surface area contributed by atoms with E-state index in [0.29, 0.717) is 19.8 Å². The molecule has 0 aliphatic rings. The number of hydrogen-bond acceptors (Lipinski definition) is 4. The predicted molar refractivity (Wildman–Crippen MR) is 73.5 cm³/mol. The second kappa shape index (κ2) is 9.58. The normalized spacial score (nSPS) is 12.3. The number of nitrogens with one attached hydrogen (secondary N) is 1. The van der Waals surface area contributed by atoms with Crippen LogP contribution < -0.4 is 11.1 Å². The molecule has 0 unspecified atom stereocenters. The van der Waals surface area contributed by atoms with E-state index in [9.17, 15) is 4.79 Å². The number of amides is 1. The first-order chi connectivity index (χ1) is 9.24. The summed E-state index contributed by atoms with van der Waals surface area (Å²) in [7, 11) is 0. The Morgan fingerprint density at radius 2 is 2.37 bits per heavy atom. The van der Waals surface area contributed by atoms with Crippen molar-refractivity contribution in [3.63, 3.8) is 0 Å². The molecule has 0 saturated carbocycles. The van der Waals surface area contributed by atoms with Crippen molar-refractivity contribution < 1.29 is 13.9 Å². The lowest BCUT2D eigenvalue weighted by atomic mass is 10.1. The Hall–Kier alpha value is -1.33. The smallest absolute Gasteiger partial charge is 0.236 e. The summed E-state index contributed by atoms with van der Waals surface area (Å²) >= 11 is 0. The van der Waals surface area contributed by atoms with E-state index in [-0.39, 0.29) is 11.9 Å². The molecule has 0 bridgehead atoms. The molecular formula is C14H24N2O3. The molecule has 1 heterocycles. The van der Waals surface area contributed by atoms with Crippen molar-refractivity contribution in [3.05, 3.63) is 24.2 Å². The van der Waals surface area contributed by atoms with Gasteiger partial charge in [-0.3, -0.25) is 4.79 Å². The van der Waals surface area contributed by atoms with Gasteiger partial charge in [-0.15, -0.1) is 0 Å². The predicted octanol–water partition coefficient (Wildman–Crippen LogP) is 1.82. The first kappa shape index (κ1) is 15.7. The largest absolute Gasteiger partial charge is 0.467 e. The maximum atomic E-state index is 11.6. The third-order valence-corrected chi connectivity index (χ3v) is 2.79. The Labute approximate surface area is 114 Å². The van der Waals surface area contributed by atoms with Gasteiger partial charge in [-0.25, -0.2) is 0 Å². The average Bonchev–Trinajstić information content (AvgIpc) is 2.92. The molecule has 5 nitrogen and oxygen atoms in total. The van der Waals surface area contributed by atoms with Crippen molar-refractivity contribution >= 4 is 5.91 Å². The molecule has 3 N–H and O–H groups in total. The summed E-state index contributed by atoms with van der Waals surface area (Å²) in [6.45, 7) is 3.74. The molecule has 0 aromatic carbocycles. The lowest BCUT2D eigenvalue weighted by molar-refractivity contribution is -0.122. The van der Waals surface area contributed by atoms with Crippen LogP contribution in [0.25, 0.3) is 0 Å². The summed E-state index contributed by atoms with van der Waals surface area (Å²) in [5.74, 6) is 0.741. The number of furan rings is 1. The van der Waals surface area contributed by atoms with Gasteiger partial charge in [0.25, 0.3) is 0 Å². The van der Waals surface area contributed by atoms with Crippen molar-refractivity contribution in [1.82, 2.24) is 5.32 Å². The minimum Gasteiger partial charge on any atom is -0.467 e. The minimum atomic E-state index is -0.385. The van der Waals surface area contributed by atoms with Gasteiger partial charge in [-0.05, 0) is 25.0 Å². The monoisotopic (exact) mass is 268 g/mol. The molecule has 0 fully saturated rings. The maximum Gasteiger partial charge on any atom is 0.236 e. The van der Waals surface area contributed by atoms with Crippen LogP contribution in [0.4, 0.5) is 0 Å². The van der Waals surface area contributed by atoms with Crippen LogP contribution in [0.5, 0.6) is 0 Å². The average molecular weight is 268 g/mol. The molecule has 0 aliphatic heterocycles. The van der Waals surface area contributed by atoms with Gasteiger partial charge >= 0.3 is 0 Å². The van der Waals surface area contributed by atoms with Crippen molar-refractivity contribution in [2.45, 2.75) is 45.3 Å². The van der Waals surface area contributed by atoms with Crippen LogP contribution in [-0.4, -0.2) is 25.1 Å².